The molecule has 0 N–H and O–H groups in total. The summed E-state index contributed by atoms with van der Waals surface area (Å²) in [5, 5.41) is 0. The number of alkyl halides is 3. The number of carbonyl (C=O) groups excluding carboxylic acids is 2. The van der Waals surface area contributed by atoms with Gasteiger partial charge in [0.2, 0.25) is 5.78 Å². The number of hydrogen-bond acceptors (Lipinski definition) is 2. The zero-order valence-corrected chi connectivity index (χ0v) is 16.6. The summed E-state index contributed by atoms with van der Waals surface area (Å²) < 4.78 is 42.7. The summed E-state index contributed by atoms with van der Waals surface area (Å²) in [5.41, 5.74) is 0.159. The molecular formula is C24H24F3NO2. The van der Waals surface area contributed by atoms with Crippen molar-refractivity contribution in [1.29, 1.82) is 0 Å². The van der Waals surface area contributed by atoms with Gasteiger partial charge in [0.1, 0.15) is 0 Å². The molecule has 0 saturated heterocycles. The van der Waals surface area contributed by atoms with Gasteiger partial charge in [0.15, 0.2) is 5.78 Å². The summed E-state index contributed by atoms with van der Waals surface area (Å²) in [7, 11) is 0. The molecule has 0 spiro atoms. The lowest BCUT2D eigenvalue weighted by Crippen LogP contribution is -2.55. The van der Waals surface area contributed by atoms with Gasteiger partial charge in [0.25, 0.3) is 0 Å². The van der Waals surface area contributed by atoms with Gasteiger partial charge in [-0.25, -0.2) is 0 Å². The highest BCUT2D eigenvalue weighted by atomic mass is 19.4. The second kappa shape index (κ2) is 6.82. The van der Waals surface area contributed by atoms with E-state index in [1.165, 1.54) is 0 Å². The molecule has 6 heteroatoms. The third kappa shape index (κ3) is 3.21. The van der Waals surface area contributed by atoms with E-state index in [0.29, 0.717) is 37.0 Å². The molecule has 30 heavy (non-hydrogen) atoms. The van der Waals surface area contributed by atoms with E-state index in [1.807, 2.05) is 29.1 Å². The summed E-state index contributed by atoms with van der Waals surface area (Å²) in [6.45, 7) is 0. The predicted molar refractivity (Wildman–Crippen MR) is 105 cm³/mol. The number of Topliss-reactive ketones (excluding diaryl/α,β-unsaturated/α-hetero) is 2. The Labute approximate surface area is 173 Å². The monoisotopic (exact) mass is 415 g/mol. The predicted octanol–water partition coefficient (Wildman–Crippen LogP) is 5.62. The third-order valence-electron chi connectivity index (χ3n) is 7.56. The van der Waals surface area contributed by atoms with E-state index in [2.05, 4.69) is 0 Å². The molecule has 4 aliphatic carbocycles. The number of benzene rings is 1. The average Bonchev–Trinajstić information content (AvgIpc) is 3.21. The van der Waals surface area contributed by atoms with Crippen LogP contribution in [0.4, 0.5) is 13.2 Å². The largest absolute Gasteiger partial charge is 0.450 e. The summed E-state index contributed by atoms with van der Waals surface area (Å²) >= 11 is 0. The Morgan fingerprint density at radius 2 is 1.40 bits per heavy atom. The van der Waals surface area contributed by atoms with Gasteiger partial charge in [-0.3, -0.25) is 9.59 Å². The number of aromatic nitrogens is 1. The van der Waals surface area contributed by atoms with Crippen LogP contribution in [-0.2, 0) is 4.79 Å². The van der Waals surface area contributed by atoms with Crippen molar-refractivity contribution in [3.05, 3.63) is 54.4 Å². The van der Waals surface area contributed by atoms with E-state index in [0.717, 1.165) is 24.9 Å². The first kappa shape index (κ1) is 19.6. The third-order valence-corrected chi connectivity index (χ3v) is 7.56. The number of rotatable bonds is 5. The van der Waals surface area contributed by atoms with E-state index in [9.17, 15) is 22.8 Å². The van der Waals surface area contributed by atoms with E-state index >= 15 is 0 Å². The Morgan fingerprint density at radius 1 is 0.900 bits per heavy atom. The van der Waals surface area contributed by atoms with E-state index in [4.69, 9.17) is 0 Å². The smallest absolute Gasteiger partial charge is 0.324 e. The summed E-state index contributed by atoms with van der Waals surface area (Å²) in [4.78, 5) is 26.0. The van der Waals surface area contributed by atoms with Gasteiger partial charge in [-0.2, -0.15) is 13.2 Å². The Bertz CT molecular complexity index is 924. The fraction of sp³-hybridized carbons (Fsp3) is 0.500. The summed E-state index contributed by atoms with van der Waals surface area (Å²) in [6.07, 6.45) is 3.50. The van der Waals surface area contributed by atoms with Gasteiger partial charge < -0.3 is 4.57 Å². The maximum Gasteiger partial charge on any atom is 0.450 e. The first-order chi connectivity index (χ1) is 14.2. The summed E-state index contributed by atoms with van der Waals surface area (Å²) in [5.74, 6) is -3.10. The average molecular weight is 415 g/mol. The number of halogens is 3. The van der Waals surface area contributed by atoms with Gasteiger partial charge >= 0.3 is 6.18 Å². The minimum Gasteiger partial charge on any atom is -0.324 e. The molecule has 1 aromatic carbocycles. The van der Waals surface area contributed by atoms with Crippen molar-refractivity contribution < 1.29 is 22.8 Å². The second-order valence-corrected chi connectivity index (χ2v) is 9.58. The van der Waals surface area contributed by atoms with Crippen LogP contribution < -0.4 is 0 Å². The van der Waals surface area contributed by atoms with Crippen molar-refractivity contribution in [2.45, 2.75) is 44.7 Å². The van der Waals surface area contributed by atoms with Crippen molar-refractivity contribution >= 4 is 11.6 Å². The van der Waals surface area contributed by atoms with Crippen LogP contribution in [0.15, 0.2) is 48.8 Å². The van der Waals surface area contributed by atoms with Gasteiger partial charge in [-0.1, -0.05) is 0 Å². The van der Waals surface area contributed by atoms with Crippen LogP contribution in [-0.4, -0.2) is 22.3 Å². The molecule has 3 nitrogen and oxygen atoms in total. The number of hydrogen-bond donors (Lipinski definition) is 0. The van der Waals surface area contributed by atoms with Gasteiger partial charge in [-0.15, -0.1) is 0 Å². The van der Waals surface area contributed by atoms with Crippen molar-refractivity contribution in [1.82, 2.24) is 4.57 Å². The second-order valence-electron chi connectivity index (χ2n) is 9.58. The number of ketones is 2. The molecule has 1 unspecified atom stereocenters. The highest BCUT2D eigenvalue weighted by Gasteiger charge is 2.61. The lowest BCUT2D eigenvalue weighted by molar-refractivity contribution is -0.183. The van der Waals surface area contributed by atoms with Crippen molar-refractivity contribution in [3.63, 3.8) is 0 Å². The lowest BCUT2D eigenvalue weighted by Gasteiger charge is -2.58. The molecule has 1 atom stereocenters. The Morgan fingerprint density at radius 3 is 1.87 bits per heavy atom. The first-order valence-electron chi connectivity index (χ1n) is 10.6. The van der Waals surface area contributed by atoms with Crippen LogP contribution >= 0.6 is 0 Å². The molecule has 4 fully saturated rings. The molecule has 158 valence electrons. The Hall–Kier alpha value is -2.37. The normalized spacial score (nSPS) is 31.0. The fourth-order valence-electron chi connectivity index (χ4n) is 6.84. The van der Waals surface area contributed by atoms with Crippen LogP contribution in [0.5, 0.6) is 0 Å². The van der Waals surface area contributed by atoms with E-state index in [1.54, 1.807) is 24.3 Å². The molecule has 4 bridgehead atoms. The molecule has 0 radical (unpaired) electrons. The van der Waals surface area contributed by atoms with Gasteiger partial charge in [0.05, 0.1) is 5.92 Å². The SMILES string of the molecule is O=C(c1ccc(-n2cccc2)cc1)C(C(=O)C(F)(F)F)C12CC3CC(CC(C3)C1)C2. The van der Waals surface area contributed by atoms with Crippen LogP contribution in [0.1, 0.15) is 48.9 Å². The van der Waals surface area contributed by atoms with Crippen LogP contribution in [0.25, 0.3) is 5.69 Å². The van der Waals surface area contributed by atoms with E-state index in [-0.39, 0.29) is 5.56 Å². The van der Waals surface area contributed by atoms with Crippen molar-refractivity contribution in [3.8, 4) is 5.69 Å². The lowest BCUT2D eigenvalue weighted by atomic mass is 9.45. The molecule has 4 saturated carbocycles. The molecule has 6 rings (SSSR count). The van der Waals surface area contributed by atoms with Crippen LogP contribution in [0, 0.1) is 29.1 Å². The highest BCUT2D eigenvalue weighted by molar-refractivity contribution is 6.13. The number of carbonyl (C=O) groups is 2. The minimum atomic E-state index is -5.01. The molecule has 0 aliphatic heterocycles. The van der Waals surface area contributed by atoms with Gasteiger partial charge in [-0.05, 0) is 98.1 Å². The van der Waals surface area contributed by atoms with Crippen molar-refractivity contribution in [2.75, 3.05) is 0 Å². The maximum atomic E-state index is 13.6. The minimum absolute atomic E-state index is 0.184. The fourth-order valence-corrected chi connectivity index (χ4v) is 6.84. The van der Waals surface area contributed by atoms with Crippen LogP contribution in [0.3, 0.4) is 0 Å². The van der Waals surface area contributed by atoms with Crippen LogP contribution in [0.2, 0.25) is 0 Å². The zero-order chi connectivity index (χ0) is 21.1. The summed E-state index contributed by atoms with van der Waals surface area (Å²) in [6, 6.07) is 10.3. The van der Waals surface area contributed by atoms with E-state index < -0.39 is 29.1 Å². The quantitative estimate of drug-likeness (QED) is 0.469. The zero-order valence-electron chi connectivity index (χ0n) is 16.6. The number of nitrogens with zero attached hydrogens (tertiary/aromatic N) is 1. The molecule has 2 aromatic rings. The van der Waals surface area contributed by atoms with Crippen molar-refractivity contribution in [2.24, 2.45) is 29.1 Å². The maximum absolute atomic E-state index is 13.6. The molecule has 1 aromatic heterocycles. The highest BCUT2D eigenvalue weighted by Crippen LogP contribution is 2.63. The standard InChI is InChI=1S/C24H24F3NO2/c25-24(26,27)22(30)20(23-12-15-9-16(13-23)11-17(10-15)14-23)21(29)18-3-5-19(6-4-18)28-7-1-2-8-28/h1-8,15-17,20H,9-14H2. The molecule has 0 amide bonds. The first-order valence-corrected chi connectivity index (χ1v) is 10.6. The molecule has 4 aliphatic rings. The van der Waals surface area contributed by atoms with Gasteiger partial charge in [0, 0.05) is 23.6 Å². The molecular weight excluding hydrogens is 391 g/mol. The molecule has 1 heterocycles. The topological polar surface area (TPSA) is 39.1 Å². The Balaban J connectivity index is 1.51. The Kier molecular flexibility index (Phi) is 4.46.